The number of hydrazone groups is 1. The average molecular weight is 285 g/mol. The van der Waals surface area contributed by atoms with E-state index < -0.39 is 18.6 Å². The van der Waals surface area contributed by atoms with Crippen molar-refractivity contribution in [1.82, 2.24) is 5.01 Å². The molecule has 1 aliphatic heterocycles. The molecular weight excluding hydrogens is 271 g/mol. The van der Waals surface area contributed by atoms with Gasteiger partial charge in [0.2, 0.25) is 5.91 Å². The van der Waals surface area contributed by atoms with Crippen LogP contribution in [0.4, 0.5) is 18.9 Å². The second-order valence-electron chi connectivity index (χ2n) is 4.66. The predicted octanol–water partition coefficient (Wildman–Crippen LogP) is 2.40. The molecule has 0 aromatic heterocycles. The van der Waals surface area contributed by atoms with E-state index in [1.54, 1.807) is 31.2 Å². The van der Waals surface area contributed by atoms with Gasteiger partial charge in [0, 0.05) is 18.0 Å². The largest absolute Gasteiger partial charge is 0.399 e. The van der Waals surface area contributed by atoms with Crippen molar-refractivity contribution in [2.45, 2.75) is 26.1 Å². The lowest BCUT2D eigenvalue weighted by molar-refractivity contribution is -0.146. The van der Waals surface area contributed by atoms with Crippen LogP contribution in [-0.4, -0.2) is 29.3 Å². The summed E-state index contributed by atoms with van der Waals surface area (Å²) in [5, 5.41) is 4.00. The number of nitrogen functional groups attached to an aromatic ring is 1. The summed E-state index contributed by atoms with van der Waals surface area (Å²) in [7, 11) is 0. The molecule has 2 atom stereocenters. The fraction of sp³-hybridized carbons (Fsp3) is 0.385. The second kappa shape index (κ2) is 5.52. The summed E-state index contributed by atoms with van der Waals surface area (Å²) in [6, 6.07) is 6.58. The zero-order valence-corrected chi connectivity index (χ0v) is 10.8. The molecule has 108 valence electrons. The molecule has 0 radical (unpaired) electrons. The fourth-order valence-corrected chi connectivity index (χ4v) is 2.02. The maximum absolute atomic E-state index is 13.4. The first-order chi connectivity index (χ1) is 9.40. The molecule has 20 heavy (non-hydrogen) atoms. The summed E-state index contributed by atoms with van der Waals surface area (Å²) in [6.45, 7) is 1.74. The Labute approximate surface area is 114 Å². The van der Waals surface area contributed by atoms with Crippen LogP contribution in [0.2, 0.25) is 0 Å². The Bertz CT molecular complexity index is 530. The smallest absolute Gasteiger partial charge is 0.289 e. The zero-order valence-electron chi connectivity index (χ0n) is 10.8. The molecule has 1 aromatic carbocycles. The van der Waals surface area contributed by atoms with Crippen molar-refractivity contribution in [3.63, 3.8) is 0 Å². The Morgan fingerprint density at radius 1 is 1.30 bits per heavy atom. The fourth-order valence-electron chi connectivity index (χ4n) is 2.02. The average Bonchev–Trinajstić information content (AvgIpc) is 2.39. The van der Waals surface area contributed by atoms with E-state index in [1.807, 2.05) is 0 Å². The van der Waals surface area contributed by atoms with Crippen LogP contribution in [0.1, 0.15) is 18.9 Å². The van der Waals surface area contributed by atoms with Gasteiger partial charge in [0.1, 0.15) is 0 Å². The van der Waals surface area contributed by atoms with Crippen molar-refractivity contribution in [1.29, 1.82) is 0 Å². The number of amides is 1. The molecule has 1 heterocycles. The van der Waals surface area contributed by atoms with Crippen LogP contribution in [-0.2, 0) is 4.79 Å². The summed E-state index contributed by atoms with van der Waals surface area (Å²) >= 11 is 0. The third-order valence-electron chi connectivity index (χ3n) is 3.07. The maximum atomic E-state index is 13.4. The van der Waals surface area contributed by atoms with Crippen LogP contribution in [0.25, 0.3) is 0 Å². The minimum Gasteiger partial charge on any atom is -0.399 e. The van der Waals surface area contributed by atoms with Crippen LogP contribution in [0.5, 0.6) is 0 Å². The van der Waals surface area contributed by atoms with Crippen molar-refractivity contribution in [3.8, 4) is 0 Å². The Morgan fingerprint density at radius 3 is 2.45 bits per heavy atom. The highest BCUT2D eigenvalue weighted by molar-refractivity contribution is 6.05. The Balaban J connectivity index is 2.37. The van der Waals surface area contributed by atoms with Gasteiger partial charge in [0.05, 0.1) is 5.71 Å². The summed E-state index contributed by atoms with van der Waals surface area (Å²) in [6.07, 6.45) is -6.07. The zero-order chi connectivity index (χ0) is 14.9. The standard InChI is InChI=1S/C13H14F3N3O/c1-7-6-10(20)19(13(16)12(14)15)18-11(7)8-2-4-9(17)5-3-8/h2-5,7,12-13H,6,17H2,1H3. The molecule has 1 aliphatic rings. The highest BCUT2D eigenvalue weighted by Gasteiger charge is 2.36. The number of nitrogens with zero attached hydrogens (tertiary/aromatic N) is 2. The lowest BCUT2D eigenvalue weighted by Gasteiger charge is -2.29. The molecule has 2 N–H and O–H groups in total. The van der Waals surface area contributed by atoms with E-state index in [2.05, 4.69) is 5.10 Å². The predicted molar refractivity (Wildman–Crippen MR) is 68.9 cm³/mol. The van der Waals surface area contributed by atoms with Crippen LogP contribution in [0, 0.1) is 5.92 Å². The molecule has 0 fully saturated rings. The number of nitrogens with two attached hydrogens (primary N) is 1. The molecular formula is C13H14F3N3O. The number of halogens is 3. The quantitative estimate of drug-likeness (QED) is 0.685. The number of carbonyl (C=O) groups excluding carboxylic acids is 1. The molecule has 0 spiro atoms. The normalized spacial score (nSPS) is 21.1. The lowest BCUT2D eigenvalue weighted by atomic mass is 9.93. The number of anilines is 1. The number of benzene rings is 1. The maximum Gasteiger partial charge on any atom is 0.289 e. The van der Waals surface area contributed by atoms with E-state index in [0.717, 1.165) is 0 Å². The number of alkyl halides is 3. The molecule has 1 amide bonds. The molecule has 0 bridgehead atoms. The van der Waals surface area contributed by atoms with E-state index >= 15 is 0 Å². The van der Waals surface area contributed by atoms with Crippen LogP contribution >= 0.6 is 0 Å². The molecule has 7 heteroatoms. The summed E-state index contributed by atoms with van der Waals surface area (Å²) in [5.41, 5.74) is 7.13. The molecule has 4 nitrogen and oxygen atoms in total. The third kappa shape index (κ3) is 2.76. The van der Waals surface area contributed by atoms with Crippen LogP contribution in [0.3, 0.4) is 0 Å². The van der Waals surface area contributed by atoms with E-state index in [1.165, 1.54) is 0 Å². The van der Waals surface area contributed by atoms with E-state index in [0.29, 0.717) is 17.0 Å². The SMILES string of the molecule is CC1CC(=O)N(C(F)C(F)F)N=C1c1ccc(N)cc1. The highest BCUT2D eigenvalue weighted by Crippen LogP contribution is 2.25. The van der Waals surface area contributed by atoms with E-state index in [9.17, 15) is 18.0 Å². The van der Waals surface area contributed by atoms with Gasteiger partial charge in [-0.1, -0.05) is 19.1 Å². The minimum absolute atomic E-state index is 0.0592. The first-order valence-corrected chi connectivity index (χ1v) is 6.09. The molecule has 0 aliphatic carbocycles. The van der Waals surface area contributed by atoms with Gasteiger partial charge in [-0.05, 0) is 17.7 Å². The Kier molecular flexibility index (Phi) is 3.96. The van der Waals surface area contributed by atoms with Crippen molar-refractivity contribution in [2.24, 2.45) is 11.0 Å². The summed E-state index contributed by atoms with van der Waals surface area (Å²) < 4.78 is 38.2. The van der Waals surface area contributed by atoms with Crippen LogP contribution < -0.4 is 5.73 Å². The van der Waals surface area contributed by atoms with E-state index in [-0.39, 0.29) is 17.3 Å². The first kappa shape index (κ1) is 14.4. The van der Waals surface area contributed by atoms with E-state index in [4.69, 9.17) is 5.73 Å². The van der Waals surface area contributed by atoms with Crippen molar-refractivity contribution < 1.29 is 18.0 Å². The van der Waals surface area contributed by atoms with Crippen LogP contribution in [0.15, 0.2) is 29.4 Å². The number of rotatable bonds is 3. The highest BCUT2D eigenvalue weighted by atomic mass is 19.3. The third-order valence-corrected chi connectivity index (χ3v) is 3.07. The van der Waals surface area contributed by atoms with Gasteiger partial charge in [-0.25, -0.2) is 13.2 Å². The molecule has 2 rings (SSSR count). The number of hydrogen-bond donors (Lipinski definition) is 1. The Morgan fingerprint density at radius 2 is 1.90 bits per heavy atom. The van der Waals surface area contributed by atoms with Gasteiger partial charge >= 0.3 is 0 Å². The van der Waals surface area contributed by atoms with Gasteiger partial charge in [-0.3, -0.25) is 4.79 Å². The monoisotopic (exact) mass is 285 g/mol. The van der Waals surface area contributed by atoms with Crippen molar-refractivity contribution in [3.05, 3.63) is 29.8 Å². The second-order valence-corrected chi connectivity index (χ2v) is 4.66. The lowest BCUT2D eigenvalue weighted by Crippen LogP contribution is -2.43. The van der Waals surface area contributed by atoms with Gasteiger partial charge in [-0.2, -0.15) is 10.1 Å². The first-order valence-electron chi connectivity index (χ1n) is 6.09. The van der Waals surface area contributed by atoms with Crippen molar-refractivity contribution in [2.75, 3.05) is 5.73 Å². The van der Waals surface area contributed by atoms with Crippen molar-refractivity contribution >= 4 is 17.3 Å². The molecule has 1 aromatic rings. The summed E-state index contributed by atoms with van der Waals surface area (Å²) in [4.78, 5) is 11.6. The molecule has 0 saturated heterocycles. The topological polar surface area (TPSA) is 58.7 Å². The minimum atomic E-state index is -3.29. The van der Waals surface area contributed by atoms with Gasteiger partial charge in [0.15, 0.2) is 0 Å². The van der Waals surface area contributed by atoms with Gasteiger partial charge < -0.3 is 5.73 Å². The number of carbonyl (C=O) groups is 1. The molecule has 2 unspecified atom stereocenters. The van der Waals surface area contributed by atoms with Gasteiger partial charge in [0.25, 0.3) is 12.7 Å². The Hall–Kier alpha value is -2.05. The molecule has 0 saturated carbocycles. The summed E-state index contributed by atoms with van der Waals surface area (Å²) in [5.74, 6) is -1.02. The van der Waals surface area contributed by atoms with Gasteiger partial charge in [-0.15, -0.1) is 0 Å². The number of hydrogen-bond acceptors (Lipinski definition) is 3.